The van der Waals surface area contributed by atoms with E-state index in [0.717, 1.165) is 12.3 Å². The molecule has 1 amide bonds. The average molecular weight is 469 g/mol. The first-order valence-corrected chi connectivity index (χ1v) is 12.5. The van der Waals surface area contributed by atoms with E-state index in [2.05, 4.69) is 97.5 Å². The van der Waals surface area contributed by atoms with Crippen LogP contribution in [0.3, 0.4) is 0 Å². The molecule has 4 aromatic rings. The first kappa shape index (κ1) is 24.6. The van der Waals surface area contributed by atoms with Gasteiger partial charge in [-0.15, -0.1) is 0 Å². The summed E-state index contributed by atoms with van der Waals surface area (Å²) in [5.74, 6) is 1.65. The van der Waals surface area contributed by atoms with Crippen LogP contribution in [0.15, 0.2) is 85.1 Å². The van der Waals surface area contributed by atoms with Crippen LogP contribution in [0.25, 0.3) is 10.9 Å². The van der Waals surface area contributed by atoms with E-state index in [1.54, 1.807) is 7.11 Å². The maximum atomic E-state index is 13.0. The standard InChI is InChI=1S/C31H36N2O2/c1-22(2)19-32-31(34)18-28(23(3)25-10-6-5-7-11-25)29-21-33(30-13-9-8-12-27(29)30)20-24-14-16-26(35-4)17-15-24/h5-17,21-23,28H,18-20H2,1-4H3,(H,32,34)/t23-,28-/m1/s1. The lowest BCUT2D eigenvalue weighted by molar-refractivity contribution is -0.121. The van der Waals surface area contributed by atoms with Crippen molar-refractivity contribution in [3.05, 3.63) is 102 Å². The van der Waals surface area contributed by atoms with Gasteiger partial charge in [0.15, 0.2) is 0 Å². The lowest BCUT2D eigenvalue weighted by Gasteiger charge is -2.24. The van der Waals surface area contributed by atoms with Crippen molar-refractivity contribution in [3.63, 3.8) is 0 Å². The third kappa shape index (κ3) is 5.94. The van der Waals surface area contributed by atoms with Gasteiger partial charge in [-0.2, -0.15) is 0 Å². The predicted octanol–water partition coefficient (Wildman–Crippen LogP) is 6.75. The fourth-order valence-electron chi connectivity index (χ4n) is 4.76. The number of amides is 1. The third-order valence-corrected chi connectivity index (χ3v) is 6.77. The number of para-hydroxylation sites is 1. The molecule has 0 bridgehead atoms. The van der Waals surface area contributed by atoms with Crippen LogP contribution in [0.5, 0.6) is 5.75 Å². The molecule has 4 rings (SSSR count). The van der Waals surface area contributed by atoms with Gasteiger partial charge in [-0.1, -0.05) is 81.4 Å². The average Bonchev–Trinajstić information content (AvgIpc) is 3.24. The molecular formula is C31H36N2O2. The van der Waals surface area contributed by atoms with E-state index in [4.69, 9.17) is 4.74 Å². The summed E-state index contributed by atoms with van der Waals surface area (Å²) in [6.07, 6.45) is 2.72. The largest absolute Gasteiger partial charge is 0.497 e. The molecule has 0 fully saturated rings. The van der Waals surface area contributed by atoms with E-state index in [-0.39, 0.29) is 17.7 Å². The van der Waals surface area contributed by atoms with Crippen molar-refractivity contribution in [1.29, 1.82) is 0 Å². The van der Waals surface area contributed by atoms with E-state index in [1.807, 2.05) is 18.2 Å². The minimum Gasteiger partial charge on any atom is -0.497 e. The Labute approximate surface area is 208 Å². The summed E-state index contributed by atoms with van der Waals surface area (Å²) in [5.41, 5.74) is 4.87. The van der Waals surface area contributed by atoms with Crippen LogP contribution in [0.4, 0.5) is 0 Å². The van der Waals surface area contributed by atoms with E-state index in [9.17, 15) is 4.79 Å². The zero-order valence-electron chi connectivity index (χ0n) is 21.2. The normalized spacial score (nSPS) is 13.1. The van der Waals surface area contributed by atoms with E-state index in [1.165, 1.54) is 27.6 Å². The van der Waals surface area contributed by atoms with Crippen LogP contribution in [-0.2, 0) is 11.3 Å². The molecule has 0 aliphatic rings. The number of fused-ring (bicyclic) bond motifs is 1. The van der Waals surface area contributed by atoms with Gasteiger partial charge in [0, 0.05) is 42.5 Å². The van der Waals surface area contributed by atoms with Crippen LogP contribution >= 0.6 is 0 Å². The molecule has 4 heteroatoms. The van der Waals surface area contributed by atoms with Gasteiger partial charge in [-0.25, -0.2) is 0 Å². The first-order chi connectivity index (χ1) is 17.0. The number of hydrogen-bond acceptors (Lipinski definition) is 2. The molecule has 1 N–H and O–H groups in total. The van der Waals surface area contributed by atoms with E-state index >= 15 is 0 Å². The molecule has 0 saturated carbocycles. The molecule has 1 heterocycles. The number of aromatic nitrogens is 1. The van der Waals surface area contributed by atoms with Crippen LogP contribution in [0.2, 0.25) is 0 Å². The van der Waals surface area contributed by atoms with Crippen LogP contribution in [-0.4, -0.2) is 24.1 Å². The predicted molar refractivity (Wildman–Crippen MR) is 144 cm³/mol. The molecule has 182 valence electrons. The van der Waals surface area contributed by atoms with E-state index in [0.29, 0.717) is 18.9 Å². The number of nitrogens with one attached hydrogen (secondary N) is 1. The van der Waals surface area contributed by atoms with Crippen LogP contribution in [0, 0.1) is 5.92 Å². The van der Waals surface area contributed by atoms with Gasteiger partial charge in [-0.05, 0) is 46.7 Å². The zero-order chi connectivity index (χ0) is 24.8. The minimum absolute atomic E-state index is 0.0616. The quantitative estimate of drug-likeness (QED) is 0.280. The second kappa shape index (κ2) is 11.3. The van der Waals surface area contributed by atoms with Crippen molar-refractivity contribution in [2.75, 3.05) is 13.7 Å². The Morgan fingerprint density at radius 3 is 2.29 bits per heavy atom. The molecule has 0 spiro atoms. The molecule has 35 heavy (non-hydrogen) atoms. The maximum Gasteiger partial charge on any atom is 0.220 e. The Morgan fingerprint density at radius 2 is 1.60 bits per heavy atom. The SMILES string of the molecule is COc1ccc(Cn2cc([C@H](CC(=O)NCC(C)C)[C@H](C)c3ccccc3)c3ccccc32)cc1. The Balaban J connectivity index is 1.72. The second-order valence-corrected chi connectivity index (χ2v) is 9.79. The van der Waals surface area contributed by atoms with Crippen LogP contribution < -0.4 is 10.1 Å². The molecular weight excluding hydrogens is 432 g/mol. The number of nitrogens with zero attached hydrogens (tertiary/aromatic N) is 1. The van der Waals surface area contributed by atoms with Crippen molar-refractivity contribution >= 4 is 16.8 Å². The summed E-state index contributed by atoms with van der Waals surface area (Å²) in [6.45, 7) is 7.95. The fraction of sp³-hybridized carbons (Fsp3) is 0.323. The smallest absolute Gasteiger partial charge is 0.220 e. The van der Waals surface area contributed by atoms with Gasteiger partial charge >= 0.3 is 0 Å². The monoisotopic (exact) mass is 468 g/mol. The highest BCUT2D eigenvalue weighted by Gasteiger charge is 2.27. The number of carbonyl (C=O) groups is 1. The Kier molecular flexibility index (Phi) is 7.91. The van der Waals surface area contributed by atoms with Crippen LogP contribution in [0.1, 0.15) is 55.7 Å². The number of hydrogen-bond donors (Lipinski definition) is 1. The lowest BCUT2D eigenvalue weighted by atomic mass is 9.80. The molecule has 0 aliphatic carbocycles. The summed E-state index contributed by atoms with van der Waals surface area (Å²) < 4.78 is 7.63. The number of benzene rings is 3. The summed E-state index contributed by atoms with van der Waals surface area (Å²) in [4.78, 5) is 13.0. The van der Waals surface area contributed by atoms with Crippen molar-refractivity contribution in [2.24, 2.45) is 5.92 Å². The van der Waals surface area contributed by atoms with E-state index < -0.39 is 0 Å². The molecule has 0 saturated heterocycles. The molecule has 1 aromatic heterocycles. The van der Waals surface area contributed by atoms with Crippen molar-refractivity contribution in [3.8, 4) is 5.75 Å². The van der Waals surface area contributed by atoms with Crippen molar-refractivity contribution < 1.29 is 9.53 Å². The maximum absolute atomic E-state index is 13.0. The van der Waals surface area contributed by atoms with Gasteiger partial charge in [-0.3, -0.25) is 4.79 Å². The summed E-state index contributed by atoms with van der Waals surface area (Å²) in [7, 11) is 1.69. The summed E-state index contributed by atoms with van der Waals surface area (Å²) in [5, 5.41) is 4.35. The summed E-state index contributed by atoms with van der Waals surface area (Å²) in [6, 6.07) is 27.3. The number of rotatable bonds is 10. The number of methoxy groups -OCH3 is 1. The molecule has 2 atom stereocenters. The van der Waals surface area contributed by atoms with Gasteiger partial charge in [0.25, 0.3) is 0 Å². The third-order valence-electron chi connectivity index (χ3n) is 6.77. The Hall–Kier alpha value is -3.53. The molecule has 3 aromatic carbocycles. The summed E-state index contributed by atoms with van der Waals surface area (Å²) >= 11 is 0. The van der Waals surface area contributed by atoms with Gasteiger partial charge < -0.3 is 14.6 Å². The number of ether oxygens (including phenoxy) is 1. The highest BCUT2D eigenvalue weighted by molar-refractivity contribution is 5.86. The van der Waals surface area contributed by atoms with Gasteiger partial charge in [0.1, 0.15) is 5.75 Å². The van der Waals surface area contributed by atoms with Crippen molar-refractivity contribution in [1.82, 2.24) is 9.88 Å². The fourth-order valence-corrected chi connectivity index (χ4v) is 4.76. The lowest BCUT2D eigenvalue weighted by Crippen LogP contribution is -2.29. The molecule has 0 unspecified atom stereocenters. The topological polar surface area (TPSA) is 43.3 Å². The van der Waals surface area contributed by atoms with Gasteiger partial charge in [0.2, 0.25) is 5.91 Å². The Bertz CT molecular complexity index is 1240. The second-order valence-electron chi connectivity index (χ2n) is 9.79. The zero-order valence-corrected chi connectivity index (χ0v) is 21.2. The Morgan fingerprint density at radius 1 is 0.914 bits per heavy atom. The molecule has 0 radical (unpaired) electrons. The van der Waals surface area contributed by atoms with Gasteiger partial charge in [0.05, 0.1) is 7.11 Å². The highest BCUT2D eigenvalue weighted by atomic mass is 16.5. The molecule has 4 nitrogen and oxygen atoms in total. The first-order valence-electron chi connectivity index (χ1n) is 12.5. The van der Waals surface area contributed by atoms with Crippen molar-refractivity contribution in [2.45, 2.75) is 45.6 Å². The number of carbonyl (C=O) groups excluding carboxylic acids is 1. The minimum atomic E-state index is 0.0616. The molecule has 0 aliphatic heterocycles. The highest BCUT2D eigenvalue weighted by Crippen LogP contribution is 2.40.